The Hall–Kier alpha value is -4.06. The molecular weight excluding hydrogens is 436 g/mol. The Balaban J connectivity index is 1.78. The number of aromatic nitrogens is 2. The van der Waals surface area contributed by atoms with E-state index in [1.54, 1.807) is 7.11 Å². The van der Waals surface area contributed by atoms with Gasteiger partial charge in [-0.2, -0.15) is 0 Å². The Morgan fingerprint density at radius 3 is 2.34 bits per heavy atom. The van der Waals surface area contributed by atoms with E-state index < -0.39 is 0 Å². The Bertz CT molecular complexity index is 1290. The van der Waals surface area contributed by atoms with E-state index in [2.05, 4.69) is 5.32 Å². The van der Waals surface area contributed by atoms with Crippen LogP contribution < -0.4 is 15.0 Å². The molecule has 4 rings (SSSR count). The largest absolute Gasteiger partial charge is 0.497 e. The van der Waals surface area contributed by atoms with Crippen LogP contribution in [0.4, 0.5) is 5.69 Å². The molecule has 0 aliphatic carbocycles. The van der Waals surface area contributed by atoms with Gasteiger partial charge in [0.15, 0.2) is 0 Å². The highest BCUT2D eigenvalue weighted by Crippen LogP contribution is 2.31. The van der Waals surface area contributed by atoms with Crippen LogP contribution in [-0.2, 0) is 6.54 Å². The molecule has 3 aromatic carbocycles. The van der Waals surface area contributed by atoms with Gasteiger partial charge in [-0.15, -0.1) is 0 Å². The van der Waals surface area contributed by atoms with Crippen molar-refractivity contribution in [1.82, 2.24) is 14.9 Å². The molecule has 0 saturated carbocycles. The first-order valence-corrected chi connectivity index (χ1v) is 11.8. The summed E-state index contributed by atoms with van der Waals surface area (Å²) in [6, 6.07) is 25.7. The molecule has 1 atom stereocenters. The van der Waals surface area contributed by atoms with Crippen LogP contribution in [0.3, 0.4) is 0 Å². The lowest BCUT2D eigenvalue weighted by molar-refractivity contribution is 0.0931. The van der Waals surface area contributed by atoms with E-state index in [4.69, 9.17) is 9.72 Å². The summed E-state index contributed by atoms with van der Waals surface area (Å²) in [4.78, 5) is 20.8. The molecule has 0 spiro atoms. The van der Waals surface area contributed by atoms with Crippen molar-refractivity contribution < 1.29 is 9.53 Å². The predicted octanol–water partition coefficient (Wildman–Crippen LogP) is 5.80. The smallest absolute Gasteiger partial charge is 0.270 e. The molecule has 1 N–H and O–H groups in total. The van der Waals surface area contributed by atoms with Crippen molar-refractivity contribution in [2.45, 2.75) is 26.4 Å². The van der Waals surface area contributed by atoms with Crippen molar-refractivity contribution >= 4 is 11.6 Å². The van der Waals surface area contributed by atoms with Crippen LogP contribution in [0.5, 0.6) is 5.75 Å². The maximum absolute atomic E-state index is 13.8. The minimum atomic E-state index is -0.207. The van der Waals surface area contributed by atoms with Gasteiger partial charge in [0.05, 0.1) is 13.2 Å². The van der Waals surface area contributed by atoms with Gasteiger partial charge in [0.25, 0.3) is 5.91 Å². The van der Waals surface area contributed by atoms with Gasteiger partial charge in [0.1, 0.15) is 23.0 Å². The summed E-state index contributed by atoms with van der Waals surface area (Å²) in [6.07, 6.45) is 0. The molecule has 0 bridgehead atoms. The number of imidazole rings is 1. The number of rotatable bonds is 8. The SMILES string of the molecule is CCn1c(-c2ccccc2)nc(-c2ccc(N(C)C)cc2)c1C(=O)N[C@@H](C)c1cccc(OC)c1. The molecule has 0 fully saturated rings. The van der Waals surface area contributed by atoms with E-state index in [0.29, 0.717) is 17.9 Å². The Kier molecular flexibility index (Phi) is 7.20. The summed E-state index contributed by atoms with van der Waals surface area (Å²) in [5.74, 6) is 1.37. The van der Waals surface area contributed by atoms with Crippen LogP contribution >= 0.6 is 0 Å². The summed E-state index contributed by atoms with van der Waals surface area (Å²) < 4.78 is 7.35. The molecule has 4 aromatic rings. The molecule has 0 saturated heterocycles. The minimum Gasteiger partial charge on any atom is -0.497 e. The molecule has 180 valence electrons. The topological polar surface area (TPSA) is 59.4 Å². The standard InChI is InChI=1S/C29H32N4O2/c1-6-33-27(29(34)30-20(2)23-13-10-14-25(19-23)35-5)26(21-15-17-24(18-16-21)32(3)4)31-28(33)22-11-8-7-9-12-22/h7-20H,6H2,1-5H3,(H,30,34)/t20-/m0/s1. The van der Waals surface area contributed by atoms with Gasteiger partial charge in [0, 0.05) is 37.5 Å². The fourth-order valence-electron chi connectivity index (χ4n) is 4.18. The number of hydrogen-bond acceptors (Lipinski definition) is 4. The van der Waals surface area contributed by atoms with Crippen LogP contribution in [-0.4, -0.2) is 36.7 Å². The normalized spacial score (nSPS) is 11.7. The second kappa shape index (κ2) is 10.5. The zero-order valence-electron chi connectivity index (χ0n) is 20.9. The van der Waals surface area contributed by atoms with Crippen molar-refractivity contribution in [2.24, 2.45) is 0 Å². The maximum Gasteiger partial charge on any atom is 0.270 e. The number of benzene rings is 3. The molecule has 0 aliphatic heterocycles. The summed E-state index contributed by atoms with van der Waals surface area (Å²) in [7, 11) is 5.65. The van der Waals surface area contributed by atoms with Gasteiger partial charge in [-0.25, -0.2) is 4.98 Å². The minimum absolute atomic E-state index is 0.163. The molecule has 1 amide bonds. The Morgan fingerprint density at radius 1 is 1.00 bits per heavy atom. The highest BCUT2D eigenvalue weighted by Gasteiger charge is 2.25. The van der Waals surface area contributed by atoms with Crippen molar-refractivity contribution in [3.8, 4) is 28.4 Å². The summed E-state index contributed by atoms with van der Waals surface area (Å²) in [5.41, 5.74) is 5.16. The molecule has 6 heteroatoms. The third-order valence-electron chi connectivity index (χ3n) is 6.13. The first-order chi connectivity index (χ1) is 16.9. The van der Waals surface area contributed by atoms with E-state index >= 15 is 0 Å². The zero-order chi connectivity index (χ0) is 24.9. The van der Waals surface area contributed by atoms with Crippen molar-refractivity contribution in [1.29, 1.82) is 0 Å². The number of hydrogen-bond donors (Lipinski definition) is 1. The maximum atomic E-state index is 13.8. The highest BCUT2D eigenvalue weighted by molar-refractivity contribution is 6.00. The summed E-state index contributed by atoms with van der Waals surface area (Å²) >= 11 is 0. The molecule has 6 nitrogen and oxygen atoms in total. The molecule has 35 heavy (non-hydrogen) atoms. The number of ether oxygens (including phenoxy) is 1. The molecule has 0 unspecified atom stereocenters. The van der Waals surface area contributed by atoms with E-state index in [1.165, 1.54) is 0 Å². The first kappa shape index (κ1) is 24.1. The monoisotopic (exact) mass is 468 g/mol. The van der Waals surface area contributed by atoms with Gasteiger partial charge in [0.2, 0.25) is 0 Å². The molecule has 1 aromatic heterocycles. The quantitative estimate of drug-likeness (QED) is 0.355. The molecule has 0 aliphatic rings. The Labute approximate surface area is 207 Å². The van der Waals surface area contributed by atoms with Gasteiger partial charge >= 0.3 is 0 Å². The van der Waals surface area contributed by atoms with Crippen molar-refractivity contribution in [3.05, 3.63) is 90.1 Å². The third kappa shape index (κ3) is 5.06. The number of carbonyl (C=O) groups is 1. The lowest BCUT2D eigenvalue weighted by Crippen LogP contribution is -2.29. The van der Waals surface area contributed by atoms with Gasteiger partial charge in [-0.3, -0.25) is 4.79 Å². The summed E-state index contributed by atoms with van der Waals surface area (Å²) in [5, 5.41) is 3.18. The zero-order valence-corrected chi connectivity index (χ0v) is 20.9. The van der Waals surface area contributed by atoms with E-state index in [1.807, 2.05) is 116 Å². The summed E-state index contributed by atoms with van der Waals surface area (Å²) in [6.45, 7) is 4.63. The van der Waals surface area contributed by atoms with Crippen molar-refractivity contribution in [2.75, 3.05) is 26.1 Å². The van der Waals surface area contributed by atoms with Crippen LogP contribution in [0.25, 0.3) is 22.6 Å². The lowest BCUT2D eigenvalue weighted by atomic mass is 10.1. The fourth-order valence-corrected chi connectivity index (χ4v) is 4.18. The highest BCUT2D eigenvalue weighted by atomic mass is 16.5. The third-order valence-corrected chi connectivity index (χ3v) is 6.13. The van der Waals surface area contributed by atoms with Gasteiger partial charge in [-0.1, -0.05) is 54.6 Å². The number of methoxy groups -OCH3 is 1. The molecule has 0 radical (unpaired) electrons. The Morgan fingerprint density at radius 2 is 1.71 bits per heavy atom. The van der Waals surface area contributed by atoms with E-state index in [9.17, 15) is 4.79 Å². The van der Waals surface area contributed by atoms with Gasteiger partial charge in [-0.05, 0) is 43.7 Å². The number of nitrogens with one attached hydrogen (secondary N) is 1. The number of carbonyl (C=O) groups excluding carboxylic acids is 1. The van der Waals surface area contributed by atoms with E-state index in [-0.39, 0.29) is 11.9 Å². The van der Waals surface area contributed by atoms with Crippen LogP contribution in [0, 0.1) is 0 Å². The fraction of sp³-hybridized carbons (Fsp3) is 0.241. The number of amides is 1. The average molecular weight is 469 g/mol. The molecular formula is C29H32N4O2. The molecule has 1 heterocycles. The van der Waals surface area contributed by atoms with Crippen LogP contribution in [0.2, 0.25) is 0 Å². The number of nitrogens with zero attached hydrogens (tertiary/aromatic N) is 3. The first-order valence-electron chi connectivity index (χ1n) is 11.8. The van der Waals surface area contributed by atoms with E-state index in [0.717, 1.165) is 34.0 Å². The second-order valence-electron chi connectivity index (χ2n) is 8.66. The lowest BCUT2D eigenvalue weighted by Gasteiger charge is -2.17. The average Bonchev–Trinajstić information content (AvgIpc) is 3.29. The van der Waals surface area contributed by atoms with Crippen molar-refractivity contribution in [3.63, 3.8) is 0 Å². The second-order valence-corrected chi connectivity index (χ2v) is 8.66. The number of anilines is 1. The predicted molar refractivity (Wildman–Crippen MR) is 142 cm³/mol. The van der Waals surface area contributed by atoms with Crippen LogP contribution in [0.1, 0.15) is 35.9 Å². The van der Waals surface area contributed by atoms with Gasteiger partial charge < -0.3 is 19.5 Å². The van der Waals surface area contributed by atoms with Crippen LogP contribution in [0.15, 0.2) is 78.9 Å².